The summed E-state index contributed by atoms with van der Waals surface area (Å²) in [5, 5.41) is 0. The molecule has 6 nitrogen and oxygen atoms in total. The topological polar surface area (TPSA) is 59.1 Å². The number of methoxy groups -OCH3 is 1. The van der Waals surface area contributed by atoms with Crippen molar-refractivity contribution in [2.75, 3.05) is 33.3 Å². The summed E-state index contributed by atoms with van der Waals surface area (Å²) in [4.78, 5) is 27.9. The van der Waals surface area contributed by atoms with E-state index in [-0.39, 0.29) is 18.1 Å². The van der Waals surface area contributed by atoms with Crippen molar-refractivity contribution in [3.63, 3.8) is 0 Å². The number of likely N-dealkylation sites (tertiary alicyclic amines) is 2. The minimum atomic E-state index is -0.447. The zero-order chi connectivity index (χ0) is 17.0. The minimum Gasteiger partial charge on any atom is -0.468 e. The number of nitrogens with zero attached hydrogens (tertiary/aromatic N) is 2. The summed E-state index contributed by atoms with van der Waals surface area (Å²) in [5.74, 6) is 0.410. The van der Waals surface area contributed by atoms with Crippen LogP contribution < -0.4 is 0 Å². The molecule has 1 atom stereocenters. The van der Waals surface area contributed by atoms with E-state index in [1.54, 1.807) is 4.90 Å². The van der Waals surface area contributed by atoms with Crippen LogP contribution in [0.2, 0.25) is 0 Å². The van der Waals surface area contributed by atoms with Crippen molar-refractivity contribution in [3.05, 3.63) is 0 Å². The maximum absolute atomic E-state index is 12.1. The molecule has 0 N–H and O–H groups in total. The number of carbonyl (C=O) groups excluding carboxylic acids is 2. The average Bonchev–Trinajstić information content (AvgIpc) is 2.93. The van der Waals surface area contributed by atoms with E-state index in [1.165, 1.54) is 7.11 Å². The second-order valence-electron chi connectivity index (χ2n) is 7.59. The predicted molar refractivity (Wildman–Crippen MR) is 87.1 cm³/mol. The van der Waals surface area contributed by atoms with Crippen molar-refractivity contribution in [3.8, 4) is 0 Å². The molecule has 0 radical (unpaired) electrons. The van der Waals surface area contributed by atoms with Crippen molar-refractivity contribution in [1.82, 2.24) is 9.80 Å². The molecule has 0 aromatic rings. The third-order valence-corrected chi connectivity index (χ3v) is 4.60. The molecule has 132 valence electrons. The van der Waals surface area contributed by atoms with Gasteiger partial charge in [-0.15, -0.1) is 0 Å². The third kappa shape index (κ3) is 5.09. The van der Waals surface area contributed by atoms with Crippen molar-refractivity contribution in [1.29, 1.82) is 0 Å². The van der Waals surface area contributed by atoms with Gasteiger partial charge in [0.15, 0.2) is 0 Å². The Labute approximate surface area is 139 Å². The molecule has 1 amide bonds. The van der Waals surface area contributed by atoms with Crippen LogP contribution in [0.25, 0.3) is 0 Å². The lowest BCUT2D eigenvalue weighted by Crippen LogP contribution is -2.45. The van der Waals surface area contributed by atoms with Crippen LogP contribution in [0.4, 0.5) is 4.79 Å². The normalized spacial score (nSPS) is 23.8. The first-order valence-electron chi connectivity index (χ1n) is 8.60. The van der Waals surface area contributed by atoms with Crippen LogP contribution in [0.15, 0.2) is 0 Å². The van der Waals surface area contributed by atoms with Gasteiger partial charge in [-0.1, -0.05) is 0 Å². The molecule has 2 rings (SSSR count). The van der Waals surface area contributed by atoms with Gasteiger partial charge in [0, 0.05) is 19.6 Å². The van der Waals surface area contributed by atoms with Crippen LogP contribution in [0.5, 0.6) is 0 Å². The molecule has 2 saturated heterocycles. The van der Waals surface area contributed by atoms with E-state index in [4.69, 9.17) is 9.47 Å². The van der Waals surface area contributed by atoms with Crippen molar-refractivity contribution in [2.45, 2.75) is 58.1 Å². The molecular weight excluding hydrogens is 296 g/mol. The third-order valence-electron chi connectivity index (χ3n) is 4.60. The molecule has 2 aliphatic heterocycles. The molecule has 0 saturated carbocycles. The van der Waals surface area contributed by atoms with Gasteiger partial charge in [0.05, 0.1) is 7.11 Å². The number of hydrogen-bond donors (Lipinski definition) is 0. The maximum atomic E-state index is 12.1. The fraction of sp³-hybridized carbons (Fsp3) is 0.882. The summed E-state index contributed by atoms with van der Waals surface area (Å²) < 4.78 is 10.3. The van der Waals surface area contributed by atoms with Gasteiger partial charge in [-0.05, 0) is 58.9 Å². The lowest BCUT2D eigenvalue weighted by Gasteiger charge is -2.35. The van der Waals surface area contributed by atoms with Gasteiger partial charge in [0.25, 0.3) is 0 Å². The molecule has 0 aliphatic carbocycles. The zero-order valence-electron chi connectivity index (χ0n) is 14.8. The molecule has 0 unspecified atom stereocenters. The summed E-state index contributed by atoms with van der Waals surface area (Å²) >= 11 is 0. The summed E-state index contributed by atoms with van der Waals surface area (Å²) in [6.07, 6.45) is 3.65. The molecule has 0 aromatic carbocycles. The van der Waals surface area contributed by atoms with Gasteiger partial charge in [0.1, 0.15) is 11.6 Å². The molecule has 2 heterocycles. The molecule has 6 heteroatoms. The van der Waals surface area contributed by atoms with Gasteiger partial charge in [-0.2, -0.15) is 0 Å². The predicted octanol–water partition coefficient (Wildman–Crippen LogP) is 2.27. The summed E-state index contributed by atoms with van der Waals surface area (Å²) in [6.45, 7) is 9.01. The summed E-state index contributed by atoms with van der Waals surface area (Å²) in [6, 6.07) is -0.0797. The summed E-state index contributed by atoms with van der Waals surface area (Å²) in [7, 11) is 1.46. The zero-order valence-corrected chi connectivity index (χ0v) is 14.8. The van der Waals surface area contributed by atoms with Gasteiger partial charge in [-0.25, -0.2) is 4.79 Å². The number of esters is 1. The molecule has 23 heavy (non-hydrogen) atoms. The number of amides is 1. The van der Waals surface area contributed by atoms with Crippen LogP contribution in [-0.4, -0.2) is 66.8 Å². The van der Waals surface area contributed by atoms with Crippen molar-refractivity contribution >= 4 is 12.1 Å². The van der Waals surface area contributed by atoms with Crippen LogP contribution in [-0.2, 0) is 14.3 Å². The number of rotatable bonds is 3. The number of hydrogen-bond acceptors (Lipinski definition) is 5. The van der Waals surface area contributed by atoms with E-state index in [0.29, 0.717) is 5.92 Å². The average molecular weight is 326 g/mol. The molecule has 0 aromatic heterocycles. The Morgan fingerprint density at radius 3 is 2.30 bits per heavy atom. The van der Waals surface area contributed by atoms with E-state index in [2.05, 4.69) is 4.90 Å². The van der Waals surface area contributed by atoms with Gasteiger partial charge >= 0.3 is 12.1 Å². The van der Waals surface area contributed by atoms with Gasteiger partial charge < -0.3 is 14.4 Å². The van der Waals surface area contributed by atoms with Crippen molar-refractivity contribution in [2.24, 2.45) is 5.92 Å². The molecule has 0 bridgehead atoms. The highest BCUT2D eigenvalue weighted by atomic mass is 16.6. The highest BCUT2D eigenvalue weighted by Crippen LogP contribution is 2.25. The van der Waals surface area contributed by atoms with E-state index < -0.39 is 5.60 Å². The first-order chi connectivity index (χ1) is 10.8. The minimum absolute atomic E-state index is 0.0797. The van der Waals surface area contributed by atoms with Crippen LogP contribution >= 0.6 is 0 Å². The first kappa shape index (κ1) is 18.0. The number of carbonyl (C=O) groups is 2. The SMILES string of the molecule is COC(=O)[C@H]1CCCN1CC1CCN(C(=O)OC(C)(C)C)CC1. The molecule has 2 fully saturated rings. The van der Waals surface area contributed by atoms with Gasteiger partial charge in [0.2, 0.25) is 0 Å². The van der Waals surface area contributed by atoms with E-state index in [0.717, 1.165) is 51.9 Å². The monoisotopic (exact) mass is 326 g/mol. The lowest BCUT2D eigenvalue weighted by atomic mass is 9.96. The Morgan fingerprint density at radius 2 is 1.74 bits per heavy atom. The maximum Gasteiger partial charge on any atom is 0.410 e. The highest BCUT2D eigenvalue weighted by molar-refractivity contribution is 5.76. The molecule has 0 spiro atoms. The van der Waals surface area contributed by atoms with Crippen molar-refractivity contribution < 1.29 is 19.1 Å². The quantitative estimate of drug-likeness (QED) is 0.745. The van der Waals surface area contributed by atoms with Gasteiger partial charge in [-0.3, -0.25) is 9.69 Å². The summed E-state index contributed by atoms with van der Waals surface area (Å²) in [5.41, 5.74) is -0.447. The van der Waals surface area contributed by atoms with Crippen LogP contribution in [0, 0.1) is 5.92 Å². The molecular formula is C17H30N2O4. The standard InChI is InChI=1S/C17H30N2O4/c1-17(2,3)23-16(21)18-10-7-13(8-11-18)12-19-9-5-6-14(19)15(20)22-4/h13-14H,5-12H2,1-4H3/t14-/m1/s1. The Morgan fingerprint density at radius 1 is 1.09 bits per heavy atom. The Bertz CT molecular complexity index is 425. The molecule has 2 aliphatic rings. The van der Waals surface area contributed by atoms with E-state index >= 15 is 0 Å². The smallest absolute Gasteiger partial charge is 0.410 e. The fourth-order valence-corrected chi connectivity index (χ4v) is 3.40. The van der Waals surface area contributed by atoms with Crippen LogP contribution in [0.3, 0.4) is 0 Å². The first-order valence-corrected chi connectivity index (χ1v) is 8.60. The van der Waals surface area contributed by atoms with Crippen LogP contribution in [0.1, 0.15) is 46.5 Å². The van der Waals surface area contributed by atoms with E-state index in [9.17, 15) is 9.59 Å². The fourth-order valence-electron chi connectivity index (χ4n) is 3.40. The highest BCUT2D eigenvalue weighted by Gasteiger charge is 2.34. The van der Waals surface area contributed by atoms with E-state index in [1.807, 2.05) is 20.8 Å². The Balaban J connectivity index is 1.78. The second-order valence-corrected chi connectivity index (χ2v) is 7.59. The lowest BCUT2D eigenvalue weighted by molar-refractivity contribution is -0.146. The number of piperidine rings is 1. The second kappa shape index (κ2) is 7.51. The Kier molecular flexibility index (Phi) is 5.89. The Hall–Kier alpha value is -1.30. The largest absolute Gasteiger partial charge is 0.468 e. The number of ether oxygens (including phenoxy) is 2.